The lowest BCUT2D eigenvalue weighted by Crippen LogP contribution is -2.41. The third kappa shape index (κ3) is 3.32. The highest BCUT2D eigenvalue weighted by Crippen LogP contribution is 2.33. The van der Waals surface area contributed by atoms with Crippen molar-refractivity contribution in [3.63, 3.8) is 0 Å². The van der Waals surface area contributed by atoms with E-state index in [1.54, 1.807) is 6.07 Å². The summed E-state index contributed by atoms with van der Waals surface area (Å²) in [5.41, 5.74) is 1.92. The molecule has 150 valence electrons. The molecule has 0 radical (unpaired) electrons. The summed E-state index contributed by atoms with van der Waals surface area (Å²) < 4.78 is 16.4. The molecular weight excluding hydrogens is 374 g/mol. The van der Waals surface area contributed by atoms with Gasteiger partial charge in [-0.15, -0.1) is 0 Å². The van der Waals surface area contributed by atoms with Crippen LogP contribution in [0.4, 0.5) is 11.5 Å². The van der Waals surface area contributed by atoms with E-state index in [1.165, 1.54) is 6.33 Å². The van der Waals surface area contributed by atoms with E-state index in [0.717, 1.165) is 36.3 Å². The van der Waals surface area contributed by atoms with Gasteiger partial charge in [-0.3, -0.25) is 4.79 Å². The molecule has 2 aliphatic heterocycles. The largest absolute Gasteiger partial charge is 0.486 e. The second-order valence-electron chi connectivity index (χ2n) is 7.28. The normalized spacial score (nSPS) is 18.7. The van der Waals surface area contributed by atoms with Gasteiger partial charge in [-0.05, 0) is 31.9 Å². The number of rotatable bonds is 3. The van der Waals surface area contributed by atoms with Gasteiger partial charge in [-0.2, -0.15) is 4.98 Å². The lowest BCUT2D eigenvalue weighted by Gasteiger charge is -2.33. The topological polar surface area (TPSA) is 103 Å². The molecule has 0 unspecified atom stereocenters. The van der Waals surface area contributed by atoms with Gasteiger partial charge in [0, 0.05) is 24.8 Å². The number of benzene rings is 1. The highest BCUT2D eigenvalue weighted by Gasteiger charge is 2.29. The average molecular weight is 395 g/mol. The first-order chi connectivity index (χ1) is 14.2. The smallest absolute Gasteiger partial charge is 0.263 e. The van der Waals surface area contributed by atoms with E-state index in [2.05, 4.69) is 25.3 Å². The number of carbonyl (C=O) groups is 1. The Balaban J connectivity index is 1.33. The van der Waals surface area contributed by atoms with Crippen LogP contribution in [0.15, 0.2) is 29.0 Å². The molecule has 4 heterocycles. The standard InChI is InChI=1S/C20H21N5O4/c1-12-17-18(21-11-22-20(17)29-24-12)25-6-2-3-13(10-25)19(26)23-14-4-5-15-16(9-14)28-8-7-27-15/h4-5,9,11,13H,2-3,6-8,10H2,1H3,(H,23,26)/t13-/m1/s1. The van der Waals surface area contributed by atoms with Crippen molar-refractivity contribution in [2.24, 2.45) is 5.92 Å². The Kier molecular flexibility index (Phi) is 4.42. The van der Waals surface area contributed by atoms with Crippen LogP contribution < -0.4 is 19.7 Å². The van der Waals surface area contributed by atoms with E-state index in [9.17, 15) is 4.79 Å². The summed E-state index contributed by atoms with van der Waals surface area (Å²) in [5, 5.41) is 7.81. The number of nitrogens with one attached hydrogen (secondary N) is 1. The molecule has 3 aromatic rings. The Hall–Kier alpha value is -3.36. The summed E-state index contributed by atoms with van der Waals surface area (Å²) >= 11 is 0. The Bertz CT molecular complexity index is 1070. The van der Waals surface area contributed by atoms with Gasteiger partial charge < -0.3 is 24.2 Å². The highest BCUT2D eigenvalue weighted by molar-refractivity contribution is 5.94. The fourth-order valence-corrected chi connectivity index (χ4v) is 3.89. The number of nitrogens with zero attached hydrogens (tertiary/aromatic N) is 4. The molecule has 1 aromatic carbocycles. The maximum Gasteiger partial charge on any atom is 0.263 e. The Morgan fingerprint density at radius 1 is 1.21 bits per heavy atom. The first-order valence-corrected chi connectivity index (χ1v) is 9.71. The molecule has 0 spiro atoms. The zero-order chi connectivity index (χ0) is 19.8. The van der Waals surface area contributed by atoms with E-state index < -0.39 is 0 Å². The Morgan fingerprint density at radius 3 is 2.97 bits per heavy atom. The molecule has 29 heavy (non-hydrogen) atoms. The molecule has 5 rings (SSSR count). The number of fused-ring (bicyclic) bond motifs is 2. The summed E-state index contributed by atoms with van der Waals surface area (Å²) in [6.07, 6.45) is 3.19. The van der Waals surface area contributed by atoms with Crippen LogP contribution in [0.5, 0.6) is 11.5 Å². The van der Waals surface area contributed by atoms with Crippen molar-refractivity contribution >= 4 is 28.5 Å². The second kappa shape index (κ2) is 7.23. The summed E-state index contributed by atoms with van der Waals surface area (Å²) in [4.78, 5) is 23.6. The van der Waals surface area contributed by atoms with Gasteiger partial charge in [0.1, 0.15) is 30.7 Å². The molecule has 9 nitrogen and oxygen atoms in total. The van der Waals surface area contributed by atoms with Gasteiger partial charge in [0.2, 0.25) is 5.91 Å². The zero-order valence-electron chi connectivity index (χ0n) is 16.1. The maximum absolute atomic E-state index is 12.9. The van der Waals surface area contributed by atoms with E-state index in [1.807, 2.05) is 19.1 Å². The maximum atomic E-state index is 12.9. The molecule has 1 saturated heterocycles. The highest BCUT2D eigenvalue weighted by atomic mass is 16.6. The minimum atomic E-state index is -0.151. The van der Waals surface area contributed by atoms with Crippen LogP contribution in [-0.2, 0) is 4.79 Å². The SMILES string of the molecule is Cc1noc2ncnc(N3CCC[C@@H](C(=O)Nc4ccc5c(c4)OCCO5)C3)c12. The number of piperidine rings is 1. The fourth-order valence-electron chi connectivity index (χ4n) is 3.89. The van der Waals surface area contributed by atoms with Crippen molar-refractivity contribution in [3.8, 4) is 11.5 Å². The van der Waals surface area contributed by atoms with Gasteiger partial charge in [-0.25, -0.2) is 4.98 Å². The Morgan fingerprint density at radius 2 is 2.07 bits per heavy atom. The third-order valence-corrected chi connectivity index (χ3v) is 5.32. The molecule has 1 fully saturated rings. The summed E-state index contributed by atoms with van der Waals surface area (Å²) in [5.74, 6) is 1.96. The zero-order valence-corrected chi connectivity index (χ0v) is 16.1. The Labute approximate surface area is 167 Å². The minimum absolute atomic E-state index is 0.0151. The van der Waals surface area contributed by atoms with Crippen LogP contribution in [-0.4, -0.2) is 47.3 Å². The molecule has 1 N–H and O–H groups in total. The first-order valence-electron chi connectivity index (χ1n) is 9.71. The van der Waals surface area contributed by atoms with Crippen molar-refractivity contribution in [1.29, 1.82) is 0 Å². The predicted octanol–water partition coefficient (Wildman–Crippen LogP) is 2.55. The summed E-state index contributed by atoms with van der Waals surface area (Å²) in [6.45, 7) is 4.32. The predicted molar refractivity (Wildman–Crippen MR) is 105 cm³/mol. The fraction of sp³-hybridized carbons (Fsp3) is 0.400. The molecule has 0 bridgehead atoms. The average Bonchev–Trinajstić information content (AvgIpc) is 3.15. The van der Waals surface area contributed by atoms with Crippen LogP contribution >= 0.6 is 0 Å². The number of anilines is 2. The van der Waals surface area contributed by atoms with Crippen molar-refractivity contribution < 1.29 is 18.8 Å². The van der Waals surface area contributed by atoms with Crippen LogP contribution in [0.25, 0.3) is 11.1 Å². The van der Waals surface area contributed by atoms with Crippen LogP contribution in [0.3, 0.4) is 0 Å². The number of hydrogen-bond donors (Lipinski definition) is 1. The van der Waals surface area contributed by atoms with E-state index in [-0.39, 0.29) is 11.8 Å². The number of ether oxygens (including phenoxy) is 2. The van der Waals surface area contributed by atoms with Gasteiger partial charge in [0.05, 0.1) is 11.6 Å². The van der Waals surface area contributed by atoms with Crippen LogP contribution in [0.1, 0.15) is 18.5 Å². The number of amides is 1. The summed E-state index contributed by atoms with van der Waals surface area (Å²) in [6, 6.07) is 5.46. The quantitative estimate of drug-likeness (QED) is 0.722. The van der Waals surface area contributed by atoms with Crippen molar-refractivity contribution in [1.82, 2.24) is 15.1 Å². The van der Waals surface area contributed by atoms with Gasteiger partial charge >= 0.3 is 0 Å². The molecule has 1 amide bonds. The molecule has 2 aliphatic rings. The number of hydrogen-bond acceptors (Lipinski definition) is 8. The molecular formula is C20H21N5O4. The van der Waals surface area contributed by atoms with Crippen LogP contribution in [0, 0.1) is 12.8 Å². The molecule has 9 heteroatoms. The van der Waals surface area contributed by atoms with E-state index >= 15 is 0 Å². The molecule has 2 aromatic heterocycles. The van der Waals surface area contributed by atoms with Crippen molar-refractivity contribution in [2.75, 3.05) is 36.5 Å². The van der Waals surface area contributed by atoms with Crippen molar-refractivity contribution in [2.45, 2.75) is 19.8 Å². The number of aryl methyl sites for hydroxylation is 1. The monoisotopic (exact) mass is 395 g/mol. The number of aromatic nitrogens is 3. The lowest BCUT2D eigenvalue weighted by molar-refractivity contribution is -0.120. The summed E-state index contributed by atoms with van der Waals surface area (Å²) in [7, 11) is 0. The van der Waals surface area contributed by atoms with Gasteiger partial charge in [0.15, 0.2) is 11.5 Å². The first kappa shape index (κ1) is 17.7. The minimum Gasteiger partial charge on any atom is -0.486 e. The van der Waals surface area contributed by atoms with E-state index in [0.29, 0.717) is 42.7 Å². The van der Waals surface area contributed by atoms with Gasteiger partial charge in [-0.1, -0.05) is 5.16 Å². The van der Waals surface area contributed by atoms with Gasteiger partial charge in [0.25, 0.3) is 5.71 Å². The lowest BCUT2D eigenvalue weighted by atomic mass is 9.96. The van der Waals surface area contributed by atoms with E-state index in [4.69, 9.17) is 14.0 Å². The molecule has 0 aliphatic carbocycles. The van der Waals surface area contributed by atoms with Crippen molar-refractivity contribution in [3.05, 3.63) is 30.2 Å². The molecule has 0 saturated carbocycles. The van der Waals surface area contributed by atoms with Crippen LogP contribution in [0.2, 0.25) is 0 Å². The number of carbonyl (C=O) groups excluding carboxylic acids is 1. The third-order valence-electron chi connectivity index (χ3n) is 5.32. The molecule has 1 atom stereocenters. The second-order valence-corrected chi connectivity index (χ2v) is 7.28.